The van der Waals surface area contributed by atoms with Crippen LogP contribution in [-0.4, -0.2) is 40.3 Å². The maximum absolute atomic E-state index is 12.9. The fraction of sp³-hybridized carbons (Fsp3) is 0.400. The van der Waals surface area contributed by atoms with Gasteiger partial charge in [0.1, 0.15) is 11.0 Å². The number of nitrogens with one attached hydrogen (secondary N) is 1. The van der Waals surface area contributed by atoms with Gasteiger partial charge in [0.2, 0.25) is 11.8 Å². The van der Waals surface area contributed by atoms with Crippen LogP contribution in [0.4, 0.5) is 11.4 Å². The highest BCUT2D eigenvalue weighted by Crippen LogP contribution is 2.32. The van der Waals surface area contributed by atoms with Crippen LogP contribution in [0.3, 0.4) is 0 Å². The molecule has 6 nitrogen and oxygen atoms in total. The molecule has 1 atom stereocenters. The summed E-state index contributed by atoms with van der Waals surface area (Å²) in [6.07, 6.45) is 4.70. The molecule has 9 heteroatoms. The molecular formula is C25H29Cl2N3O3S. The van der Waals surface area contributed by atoms with E-state index >= 15 is 0 Å². The van der Waals surface area contributed by atoms with Gasteiger partial charge in [-0.15, -0.1) is 0 Å². The topological polar surface area (TPSA) is 71.0 Å². The predicted molar refractivity (Wildman–Crippen MR) is 142 cm³/mol. The van der Waals surface area contributed by atoms with Crippen molar-refractivity contribution >= 4 is 63.3 Å². The maximum Gasteiger partial charge on any atom is 0.238 e. The summed E-state index contributed by atoms with van der Waals surface area (Å²) >= 11 is 13.3. The van der Waals surface area contributed by atoms with Crippen molar-refractivity contribution in [1.82, 2.24) is 4.90 Å². The molecule has 1 aliphatic heterocycles. The molecule has 1 N–H and O–H groups in total. The first-order chi connectivity index (χ1) is 16.4. The summed E-state index contributed by atoms with van der Waals surface area (Å²) in [5.41, 5.74) is 1.21. The van der Waals surface area contributed by atoms with E-state index in [4.69, 9.17) is 27.9 Å². The van der Waals surface area contributed by atoms with E-state index < -0.39 is 5.25 Å². The van der Waals surface area contributed by atoms with Gasteiger partial charge in [0.25, 0.3) is 0 Å². The molecule has 3 rings (SSSR count). The molecule has 1 fully saturated rings. The minimum atomic E-state index is -0.591. The molecule has 0 radical (unpaired) electrons. The molecule has 34 heavy (non-hydrogen) atoms. The van der Waals surface area contributed by atoms with Crippen LogP contribution in [0.15, 0.2) is 47.5 Å². The number of benzene rings is 2. The van der Waals surface area contributed by atoms with E-state index in [1.54, 1.807) is 35.2 Å². The summed E-state index contributed by atoms with van der Waals surface area (Å²) < 4.78 is 5.75. The highest BCUT2D eigenvalue weighted by molar-refractivity contribution is 8.15. The molecule has 0 aromatic heterocycles. The zero-order valence-corrected chi connectivity index (χ0v) is 21.7. The highest BCUT2D eigenvalue weighted by atomic mass is 35.5. The third kappa shape index (κ3) is 7.39. The van der Waals surface area contributed by atoms with Crippen molar-refractivity contribution < 1.29 is 14.3 Å². The first kappa shape index (κ1) is 26.4. The van der Waals surface area contributed by atoms with Crippen molar-refractivity contribution in [3.63, 3.8) is 0 Å². The largest absolute Gasteiger partial charge is 0.494 e. The minimum Gasteiger partial charge on any atom is -0.494 e. The van der Waals surface area contributed by atoms with Crippen LogP contribution in [0.25, 0.3) is 0 Å². The van der Waals surface area contributed by atoms with E-state index in [2.05, 4.69) is 17.2 Å². The summed E-state index contributed by atoms with van der Waals surface area (Å²) in [7, 11) is 0. The normalized spacial score (nSPS) is 17.2. The highest BCUT2D eigenvalue weighted by Gasteiger charge is 2.35. The summed E-state index contributed by atoms with van der Waals surface area (Å²) in [6.45, 7) is 5.19. The number of amidine groups is 1. The zero-order chi connectivity index (χ0) is 24.5. The SMILES string of the molecule is CCCCCCOc1ccc(NC(=O)C2CC(=O)N(CC)C(=Nc3ccc(Cl)c(Cl)c3)S2)cc1. The van der Waals surface area contributed by atoms with E-state index in [0.29, 0.717) is 39.7 Å². The summed E-state index contributed by atoms with van der Waals surface area (Å²) in [4.78, 5) is 31.8. The molecule has 0 bridgehead atoms. The maximum atomic E-state index is 12.9. The molecule has 1 unspecified atom stereocenters. The number of amides is 2. The number of rotatable bonds is 10. The van der Waals surface area contributed by atoms with E-state index in [-0.39, 0.29) is 18.2 Å². The van der Waals surface area contributed by atoms with E-state index in [1.807, 2.05) is 19.1 Å². The lowest BCUT2D eigenvalue weighted by molar-refractivity contribution is -0.129. The van der Waals surface area contributed by atoms with E-state index in [1.165, 1.54) is 24.6 Å². The number of carbonyl (C=O) groups excluding carboxylic acids is 2. The Hall–Kier alpha value is -2.22. The number of hydrogen-bond donors (Lipinski definition) is 1. The van der Waals surface area contributed by atoms with Gasteiger partial charge in [0, 0.05) is 18.7 Å². The summed E-state index contributed by atoms with van der Waals surface area (Å²) in [5, 5.41) is 3.57. The Balaban J connectivity index is 1.63. The van der Waals surface area contributed by atoms with Crippen molar-refractivity contribution in [1.29, 1.82) is 0 Å². The fourth-order valence-corrected chi connectivity index (χ4v) is 4.85. The first-order valence-electron chi connectivity index (χ1n) is 11.5. The minimum absolute atomic E-state index is 0.101. The number of nitrogens with zero attached hydrogens (tertiary/aromatic N) is 2. The van der Waals surface area contributed by atoms with Crippen molar-refractivity contribution in [3.05, 3.63) is 52.5 Å². The Bertz CT molecular complexity index is 1030. The van der Waals surface area contributed by atoms with Crippen LogP contribution in [-0.2, 0) is 9.59 Å². The molecule has 1 aliphatic rings. The van der Waals surface area contributed by atoms with Crippen LogP contribution < -0.4 is 10.1 Å². The zero-order valence-electron chi connectivity index (χ0n) is 19.4. The predicted octanol–water partition coefficient (Wildman–Crippen LogP) is 6.93. The number of anilines is 1. The van der Waals surface area contributed by atoms with Crippen molar-refractivity contribution in [2.24, 2.45) is 4.99 Å². The first-order valence-corrected chi connectivity index (χ1v) is 13.1. The lowest BCUT2D eigenvalue weighted by Crippen LogP contribution is -2.45. The third-order valence-electron chi connectivity index (χ3n) is 5.26. The quantitative estimate of drug-likeness (QED) is 0.344. The van der Waals surface area contributed by atoms with Gasteiger partial charge in [0.15, 0.2) is 5.17 Å². The van der Waals surface area contributed by atoms with Crippen LogP contribution in [0, 0.1) is 0 Å². The van der Waals surface area contributed by atoms with Gasteiger partial charge in [-0.25, -0.2) is 4.99 Å². The van der Waals surface area contributed by atoms with Gasteiger partial charge in [-0.2, -0.15) is 0 Å². The van der Waals surface area contributed by atoms with Crippen LogP contribution in [0.2, 0.25) is 10.0 Å². The van der Waals surface area contributed by atoms with Crippen LogP contribution >= 0.6 is 35.0 Å². The molecule has 0 aliphatic carbocycles. The second kappa shape index (κ2) is 13.0. The van der Waals surface area contributed by atoms with Gasteiger partial charge < -0.3 is 10.1 Å². The van der Waals surface area contributed by atoms with E-state index in [9.17, 15) is 9.59 Å². The molecule has 182 valence electrons. The van der Waals surface area contributed by atoms with Gasteiger partial charge in [0.05, 0.1) is 22.3 Å². The standard InChI is InChI=1S/C25H29Cl2N3O3S/c1-3-5-6-7-14-33-19-11-8-17(9-12-19)28-24(32)22-16-23(31)30(4-2)25(34-22)29-18-10-13-20(26)21(27)15-18/h8-13,15,22H,3-7,14,16H2,1-2H3,(H,28,32). The van der Waals surface area contributed by atoms with Gasteiger partial charge in [-0.3, -0.25) is 14.5 Å². The molecule has 0 spiro atoms. The Labute approximate surface area is 215 Å². The Kier molecular flexibility index (Phi) is 10.1. The summed E-state index contributed by atoms with van der Waals surface area (Å²) in [6, 6.07) is 12.3. The second-order valence-electron chi connectivity index (χ2n) is 7.86. The molecule has 2 aromatic carbocycles. The number of aliphatic imine (C=N–C) groups is 1. The smallest absolute Gasteiger partial charge is 0.238 e. The average Bonchev–Trinajstić information content (AvgIpc) is 2.82. The molecule has 0 saturated carbocycles. The molecule has 1 heterocycles. The van der Waals surface area contributed by atoms with Crippen molar-refractivity contribution in [2.45, 2.75) is 51.2 Å². The second-order valence-corrected chi connectivity index (χ2v) is 9.85. The van der Waals surface area contributed by atoms with Crippen molar-refractivity contribution in [2.75, 3.05) is 18.5 Å². The van der Waals surface area contributed by atoms with Crippen LogP contribution in [0.5, 0.6) is 5.75 Å². The van der Waals surface area contributed by atoms with Gasteiger partial charge in [-0.05, 0) is 55.8 Å². The van der Waals surface area contributed by atoms with Gasteiger partial charge >= 0.3 is 0 Å². The number of hydrogen-bond acceptors (Lipinski definition) is 5. The van der Waals surface area contributed by atoms with E-state index in [0.717, 1.165) is 18.6 Å². The lowest BCUT2D eigenvalue weighted by atomic mass is 10.2. The number of unbranched alkanes of at least 4 members (excludes halogenated alkanes) is 3. The number of carbonyl (C=O) groups is 2. The van der Waals surface area contributed by atoms with Gasteiger partial charge in [-0.1, -0.05) is 61.1 Å². The fourth-order valence-electron chi connectivity index (χ4n) is 3.39. The van der Waals surface area contributed by atoms with Crippen molar-refractivity contribution in [3.8, 4) is 5.75 Å². The molecule has 2 aromatic rings. The number of ether oxygens (including phenoxy) is 1. The lowest BCUT2D eigenvalue weighted by Gasteiger charge is -2.30. The monoisotopic (exact) mass is 521 g/mol. The summed E-state index contributed by atoms with van der Waals surface area (Å²) in [5.74, 6) is 0.377. The Morgan fingerprint density at radius 1 is 1.12 bits per heavy atom. The molecule has 2 amide bonds. The Morgan fingerprint density at radius 3 is 2.56 bits per heavy atom. The molecular weight excluding hydrogens is 493 g/mol. The Morgan fingerprint density at radius 2 is 1.88 bits per heavy atom. The third-order valence-corrected chi connectivity index (χ3v) is 7.19. The van der Waals surface area contributed by atoms with Crippen LogP contribution in [0.1, 0.15) is 46.0 Å². The number of thioether (sulfide) groups is 1. The molecule has 1 saturated heterocycles. The number of halogens is 2. The average molecular weight is 522 g/mol.